The molecule has 0 saturated carbocycles. The largest absolute Gasteiger partial charge is 0.295 e. The van der Waals surface area contributed by atoms with Gasteiger partial charge in [-0.1, -0.05) is 43.1 Å². The van der Waals surface area contributed by atoms with Crippen LogP contribution < -0.4 is 0 Å². The predicted molar refractivity (Wildman–Crippen MR) is 94.8 cm³/mol. The van der Waals surface area contributed by atoms with Crippen LogP contribution in [0.15, 0.2) is 39.6 Å². The third-order valence-corrected chi connectivity index (χ3v) is 5.06. The third-order valence-electron chi connectivity index (χ3n) is 4.33. The van der Waals surface area contributed by atoms with Crippen molar-refractivity contribution in [3.05, 3.63) is 45.2 Å². The van der Waals surface area contributed by atoms with Crippen LogP contribution in [0.4, 0.5) is 0 Å². The zero-order valence-electron chi connectivity index (χ0n) is 13.8. The molecule has 2 rings (SSSR count). The Hall–Kier alpha value is -0.860. The number of hydrogen-bond acceptors (Lipinski definition) is 2. The van der Waals surface area contributed by atoms with Gasteiger partial charge < -0.3 is 0 Å². The summed E-state index contributed by atoms with van der Waals surface area (Å²) in [7, 11) is 0. The highest BCUT2D eigenvalue weighted by molar-refractivity contribution is 7.07. The fourth-order valence-corrected chi connectivity index (χ4v) is 3.74. The van der Waals surface area contributed by atoms with Gasteiger partial charge in [0.2, 0.25) is 0 Å². The van der Waals surface area contributed by atoms with E-state index in [2.05, 4.69) is 48.6 Å². The fourth-order valence-electron chi connectivity index (χ4n) is 3.08. The minimum Gasteiger partial charge on any atom is -0.295 e. The Bertz CT molecular complexity index is 482. The van der Waals surface area contributed by atoms with Crippen LogP contribution in [0.2, 0.25) is 0 Å². The Morgan fingerprint density at radius 1 is 1.33 bits per heavy atom. The number of allylic oxidation sites excluding steroid dienone is 2. The predicted octanol–water partition coefficient (Wildman–Crippen LogP) is 5.80. The van der Waals surface area contributed by atoms with Crippen LogP contribution >= 0.6 is 11.3 Å². The van der Waals surface area contributed by atoms with Gasteiger partial charge in [0.25, 0.3) is 0 Å². The molecule has 0 bridgehead atoms. The molecule has 1 aliphatic rings. The Morgan fingerprint density at radius 2 is 2.19 bits per heavy atom. The van der Waals surface area contributed by atoms with Crippen LogP contribution in [-0.2, 0) is 6.54 Å². The van der Waals surface area contributed by atoms with Crippen molar-refractivity contribution in [2.45, 2.75) is 59.4 Å². The second-order valence-corrected chi connectivity index (χ2v) is 6.95. The number of nitrogens with zero attached hydrogens (tertiary/aromatic N) is 1. The van der Waals surface area contributed by atoms with Crippen molar-refractivity contribution in [3.8, 4) is 0 Å². The summed E-state index contributed by atoms with van der Waals surface area (Å²) in [6.07, 6.45) is 8.57. The minimum absolute atomic E-state index is 1.12. The van der Waals surface area contributed by atoms with Gasteiger partial charge in [0.05, 0.1) is 0 Å². The van der Waals surface area contributed by atoms with Crippen LogP contribution in [0.3, 0.4) is 0 Å². The van der Waals surface area contributed by atoms with E-state index in [4.69, 9.17) is 0 Å². The molecule has 116 valence electrons. The molecule has 1 aromatic heterocycles. The lowest BCUT2D eigenvalue weighted by Crippen LogP contribution is -2.31. The standard InChI is InChI=1S/C19H29NS/c1-4-6-7-16(3)12-19-8-10-20(14-18(19)5-2)13-17-9-11-21-15-17/h7,9,11,15H,4-6,8,10,12-14H2,1-3H3/b16-7-. The van der Waals surface area contributed by atoms with Gasteiger partial charge in [0.15, 0.2) is 0 Å². The molecule has 0 amide bonds. The van der Waals surface area contributed by atoms with Crippen molar-refractivity contribution in [2.75, 3.05) is 13.1 Å². The monoisotopic (exact) mass is 303 g/mol. The number of hydrogen-bond donors (Lipinski definition) is 0. The van der Waals surface area contributed by atoms with Gasteiger partial charge >= 0.3 is 0 Å². The van der Waals surface area contributed by atoms with Crippen molar-refractivity contribution in [2.24, 2.45) is 0 Å². The highest BCUT2D eigenvalue weighted by atomic mass is 32.1. The Kier molecular flexibility index (Phi) is 6.72. The fraction of sp³-hybridized carbons (Fsp3) is 0.579. The SMILES string of the molecule is CCC/C=C(/C)CC1=C(CC)CN(Cc2ccsc2)CC1. The first kappa shape index (κ1) is 16.5. The molecule has 2 heteroatoms. The topological polar surface area (TPSA) is 3.24 Å². The van der Waals surface area contributed by atoms with Crippen molar-refractivity contribution >= 4 is 11.3 Å². The molecule has 0 aliphatic carbocycles. The highest BCUT2D eigenvalue weighted by Gasteiger charge is 2.18. The molecule has 0 aromatic carbocycles. The van der Waals surface area contributed by atoms with Crippen LogP contribution in [0.5, 0.6) is 0 Å². The molecule has 0 radical (unpaired) electrons. The lowest BCUT2D eigenvalue weighted by Gasteiger charge is -2.31. The summed E-state index contributed by atoms with van der Waals surface area (Å²) in [5.74, 6) is 0. The molecule has 1 aliphatic heterocycles. The van der Waals surface area contributed by atoms with Crippen molar-refractivity contribution in [1.29, 1.82) is 0 Å². The van der Waals surface area contributed by atoms with E-state index in [1.807, 2.05) is 0 Å². The summed E-state index contributed by atoms with van der Waals surface area (Å²) >= 11 is 1.81. The number of unbranched alkanes of at least 4 members (excludes halogenated alkanes) is 1. The van der Waals surface area contributed by atoms with Crippen LogP contribution in [0.25, 0.3) is 0 Å². The third kappa shape index (κ3) is 5.12. The van der Waals surface area contributed by atoms with Crippen LogP contribution in [-0.4, -0.2) is 18.0 Å². The molecular formula is C19H29NS. The van der Waals surface area contributed by atoms with E-state index in [0.29, 0.717) is 0 Å². The van der Waals surface area contributed by atoms with Gasteiger partial charge in [-0.2, -0.15) is 11.3 Å². The van der Waals surface area contributed by atoms with Gasteiger partial charge in [-0.25, -0.2) is 0 Å². The van der Waals surface area contributed by atoms with E-state index in [0.717, 1.165) is 6.54 Å². The summed E-state index contributed by atoms with van der Waals surface area (Å²) in [6.45, 7) is 10.4. The second kappa shape index (κ2) is 8.55. The quantitative estimate of drug-likeness (QED) is 0.576. The zero-order chi connectivity index (χ0) is 15.1. The Morgan fingerprint density at radius 3 is 2.86 bits per heavy atom. The number of thiophene rings is 1. The maximum absolute atomic E-state index is 2.61. The lowest BCUT2D eigenvalue weighted by molar-refractivity contribution is 0.273. The van der Waals surface area contributed by atoms with E-state index in [-0.39, 0.29) is 0 Å². The van der Waals surface area contributed by atoms with E-state index in [1.165, 1.54) is 50.8 Å². The van der Waals surface area contributed by atoms with Gasteiger partial charge in [-0.15, -0.1) is 0 Å². The van der Waals surface area contributed by atoms with Gasteiger partial charge in [-0.3, -0.25) is 4.90 Å². The first-order valence-electron chi connectivity index (χ1n) is 8.31. The highest BCUT2D eigenvalue weighted by Crippen LogP contribution is 2.27. The normalized spacial score (nSPS) is 17.6. The van der Waals surface area contributed by atoms with Crippen molar-refractivity contribution in [1.82, 2.24) is 4.90 Å². The molecule has 1 aromatic rings. The Balaban J connectivity index is 1.96. The average molecular weight is 304 g/mol. The van der Waals surface area contributed by atoms with Crippen molar-refractivity contribution < 1.29 is 0 Å². The maximum Gasteiger partial charge on any atom is 0.0245 e. The molecule has 0 fully saturated rings. The molecular weight excluding hydrogens is 274 g/mol. The smallest absolute Gasteiger partial charge is 0.0245 e. The van der Waals surface area contributed by atoms with E-state index in [1.54, 1.807) is 28.1 Å². The summed E-state index contributed by atoms with van der Waals surface area (Å²) in [5, 5.41) is 4.46. The first-order chi connectivity index (χ1) is 10.2. The Labute approximate surface area is 134 Å². The van der Waals surface area contributed by atoms with Gasteiger partial charge in [0.1, 0.15) is 0 Å². The number of rotatable bonds is 7. The summed E-state index contributed by atoms with van der Waals surface area (Å²) in [5.41, 5.74) is 6.42. The van der Waals surface area contributed by atoms with E-state index in [9.17, 15) is 0 Å². The molecule has 0 atom stereocenters. The van der Waals surface area contributed by atoms with Gasteiger partial charge in [0, 0.05) is 19.6 Å². The van der Waals surface area contributed by atoms with E-state index < -0.39 is 0 Å². The minimum atomic E-state index is 1.12. The molecule has 0 N–H and O–H groups in total. The zero-order valence-corrected chi connectivity index (χ0v) is 14.6. The summed E-state index contributed by atoms with van der Waals surface area (Å²) < 4.78 is 0. The first-order valence-corrected chi connectivity index (χ1v) is 9.26. The van der Waals surface area contributed by atoms with Crippen LogP contribution in [0, 0.1) is 0 Å². The molecule has 2 heterocycles. The van der Waals surface area contributed by atoms with Crippen LogP contribution in [0.1, 0.15) is 58.4 Å². The summed E-state index contributed by atoms with van der Waals surface area (Å²) in [4.78, 5) is 2.61. The maximum atomic E-state index is 2.61. The second-order valence-electron chi connectivity index (χ2n) is 6.17. The molecule has 0 saturated heterocycles. The lowest BCUT2D eigenvalue weighted by atomic mass is 9.92. The molecule has 1 nitrogen and oxygen atoms in total. The molecule has 0 unspecified atom stereocenters. The summed E-state index contributed by atoms with van der Waals surface area (Å²) in [6, 6.07) is 2.26. The average Bonchev–Trinajstić information content (AvgIpc) is 2.99. The molecule has 21 heavy (non-hydrogen) atoms. The van der Waals surface area contributed by atoms with Crippen molar-refractivity contribution in [3.63, 3.8) is 0 Å². The van der Waals surface area contributed by atoms with E-state index >= 15 is 0 Å². The van der Waals surface area contributed by atoms with Gasteiger partial charge in [-0.05, 0) is 55.0 Å². The molecule has 0 spiro atoms.